The molecule has 1 fully saturated rings. The van der Waals surface area contributed by atoms with Crippen LogP contribution in [0.4, 0.5) is 0 Å². The standard InChI is InChI=1S/C16H18N4O2/c21-16(12-3-4-13-8-22-9-14(13)6-12)19-5-1-2-15(7-19)20-11-17-10-18-20/h3-4,6,10-11,15H,1-2,5,7-9H2/t15-/m0/s1. The summed E-state index contributed by atoms with van der Waals surface area (Å²) in [5, 5.41) is 4.20. The number of amides is 1. The highest BCUT2D eigenvalue weighted by Gasteiger charge is 2.26. The van der Waals surface area contributed by atoms with Gasteiger partial charge in [0.25, 0.3) is 5.91 Å². The number of rotatable bonds is 2. The summed E-state index contributed by atoms with van der Waals surface area (Å²) in [4.78, 5) is 18.7. The lowest BCUT2D eigenvalue weighted by molar-refractivity contribution is 0.0672. The Kier molecular flexibility index (Phi) is 3.38. The summed E-state index contributed by atoms with van der Waals surface area (Å²) in [6.07, 6.45) is 5.29. The molecule has 1 atom stereocenters. The van der Waals surface area contributed by atoms with Gasteiger partial charge < -0.3 is 9.64 Å². The highest BCUT2D eigenvalue weighted by atomic mass is 16.5. The summed E-state index contributed by atoms with van der Waals surface area (Å²) >= 11 is 0. The lowest BCUT2D eigenvalue weighted by Crippen LogP contribution is -2.40. The fourth-order valence-corrected chi connectivity index (χ4v) is 3.25. The number of hydrogen-bond acceptors (Lipinski definition) is 4. The Labute approximate surface area is 128 Å². The summed E-state index contributed by atoms with van der Waals surface area (Å²) in [7, 11) is 0. The number of aromatic nitrogens is 3. The molecule has 114 valence electrons. The van der Waals surface area contributed by atoms with Crippen molar-refractivity contribution in [1.82, 2.24) is 19.7 Å². The number of fused-ring (bicyclic) bond motifs is 1. The monoisotopic (exact) mass is 298 g/mol. The molecule has 0 radical (unpaired) electrons. The van der Waals surface area contributed by atoms with Gasteiger partial charge in [0.1, 0.15) is 12.7 Å². The van der Waals surface area contributed by atoms with Crippen LogP contribution < -0.4 is 0 Å². The van der Waals surface area contributed by atoms with Crippen molar-refractivity contribution in [2.24, 2.45) is 0 Å². The predicted molar refractivity (Wildman–Crippen MR) is 79.1 cm³/mol. The summed E-state index contributed by atoms with van der Waals surface area (Å²) in [6.45, 7) is 2.76. The van der Waals surface area contributed by atoms with Crippen LogP contribution in [-0.2, 0) is 18.0 Å². The maximum atomic E-state index is 12.8. The summed E-state index contributed by atoms with van der Waals surface area (Å²) in [5.74, 6) is 0.0968. The summed E-state index contributed by atoms with van der Waals surface area (Å²) < 4.78 is 7.27. The number of piperidine rings is 1. The number of nitrogens with zero attached hydrogens (tertiary/aromatic N) is 4. The van der Waals surface area contributed by atoms with Crippen molar-refractivity contribution in [2.75, 3.05) is 13.1 Å². The van der Waals surface area contributed by atoms with Gasteiger partial charge >= 0.3 is 0 Å². The minimum absolute atomic E-state index is 0.0968. The van der Waals surface area contributed by atoms with E-state index in [1.54, 1.807) is 12.7 Å². The van der Waals surface area contributed by atoms with E-state index in [0.29, 0.717) is 19.8 Å². The van der Waals surface area contributed by atoms with E-state index in [0.717, 1.165) is 30.5 Å². The number of benzene rings is 1. The van der Waals surface area contributed by atoms with Gasteiger partial charge in [-0.25, -0.2) is 9.67 Å². The van der Waals surface area contributed by atoms with Crippen LogP contribution in [0.25, 0.3) is 0 Å². The Bertz CT molecular complexity index is 683. The number of likely N-dealkylation sites (tertiary alicyclic amines) is 1. The van der Waals surface area contributed by atoms with Gasteiger partial charge in [-0.1, -0.05) is 6.07 Å². The molecule has 1 amide bonds. The average molecular weight is 298 g/mol. The molecule has 4 rings (SSSR count). The molecule has 0 unspecified atom stereocenters. The van der Waals surface area contributed by atoms with E-state index in [1.165, 1.54) is 5.56 Å². The van der Waals surface area contributed by atoms with Crippen molar-refractivity contribution in [2.45, 2.75) is 32.1 Å². The highest BCUT2D eigenvalue weighted by Crippen LogP contribution is 2.24. The molecule has 1 aromatic carbocycles. The maximum absolute atomic E-state index is 12.8. The lowest BCUT2D eigenvalue weighted by atomic mass is 10.0. The second-order valence-corrected chi connectivity index (χ2v) is 5.90. The van der Waals surface area contributed by atoms with Gasteiger partial charge in [-0.05, 0) is 36.1 Å². The quantitative estimate of drug-likeness (QED) is 0.848. The molecule has 1 aromatic heterocycles. The van der Waals surface area contributed by atoms with Crippen LogP contribution in [0.3, 0.4) is 0 Å². The fourth-order valence-electron chi connectivity index (χ4n) is 3.25. The zero-order chi connectivity index (χ0) is 14.9. The molecule has 1 saturated heterocycles. The zero-order valence-corrected chi connectivity index (χ0v) is 12.3. The van der Waals surface area contributed by atoms with E-state index in [4.69, 9.17) is 4.74 Å². The third kappa shape index (κ3) is 2.39. The van der Waals surface area contributed by atoms with Gasteiger partial charge in [0.2, 0.25) is 0 Å². The number of carbonyl (C=O) groups is 1. The Morgan fingerprint density at radius 1 is 1.27 bits per heavy atom. The van der Waals surface area contributed by atoms with E-state index < -0.39 is 0 Å². The third-order valence-corrected chi connectivity index (χ3v) is 4.46. The average Bonchev–Trinajstić information content (AvgIpc) is 3.25. The molecule has 2 aromatic rings. The van der Waals surface area contributed by atoms with Gasteiger partial charge in [-0.3, -0.25) is 4.79 Å². The van der Waals surface area contributed by atoms with Gasteiger partial charge in [0.15, 0.2) is 0 Å². The Balaban J connectivity index is 1.52. The Hall–Kier alpha value is -2.21. The molecule has 0 bridgehead atoms. The van der Waals surface area contributed by atoms with Crippen LogP contribution in [0.5, 0.6) is 0 Å². The van der Waals surface area contributed by atoms with Crippen LogP contribution in [0.2, 0.25) is 0 Å². The number of hydrogen-bond donors (Lipinski definition) is 0. The summed E-state index contributed by atoms with van der Waals surface area (Å²) in [5.41, 5.74) is 3.08. The zero-order valence-electron chi connectivity index (χ0n) is 12.3. The maximum Gasteiger partial charge on any atom is 0.253 e. The molecule has 2 aliphatic heterocycles. The van der Waals surface area contributed by atoms with Crippen molar-refractivity contribution >= 4 is 5.91 Å². The molecule has 22 heavy (non-hydrogen) atoms. The largest absolute Gasteiger partial charge is 0.372 e. The fraction of sp³-hybridized carbons (Fsp3) is 0.438. The SMILES string of the molecule is O=C(c1ccc2c(c1)COC2)N1CCC[C@H](n2cncn2)C1. The first-order chi connectivity index (χ1) is 10.8. The molecule has 3 heterocycles. The number of carbonyl (C=O) groups excluding carboxylic acids is 1. The second-order valence-electron chi connectivity index (χ2n) is 5.90. The molecular formula is C16H18N4O2. The van der Waals surface area contributed by atoms with Gasteiger partial charge in [-0.2, -0.15) is 5.10 Å². The molecule has 2 aliphatic rings. The van der Waals surface area contributed by atoms with E-state index in [-0.39, 0.29) is 11.9 Å². The smallest absolute Gasteiger partial charge is 0.253 e. The first-order valence-corrected chi connectivity index (χ1v) is 7.64. The van der Waals surface area contributed by atoms with Crippen molar-refractivity contribution in [1.29, 1.82) is 0 Å². The molecule has 0 N–H and O–H groups in total. The van der Waals surface area contributed by atoms with Crippen molar-refractivity contribution in [3.8, 4) is 0 Å². The van der Waals surface area contributed by atoms with Crippen molar-refractivity contribution in [3.63, 3.8) is 0 Å². The van der Waals surface area contributed by atoms with Crippen molar-refractivity contribution < 1.29 is 9.53 Å². The summed E-state index contributed by atoms with van der Waals surface area (Å²) in [6, 6.07) is 6.12. The lowest BCUT2D eigenvalue weighted by Gasteiger charge is -2.32. The first kappa shape index (κ1) is 13.5. The molecule has 0 aliphatic carbocycles. The third-order valence-electron chi connectivity index (χ3n) is 4.46. The van der Waals surface area contributed by atoms with E-state index in [1.807, 2.05) is 27.8 Å². The molecule has 0 spiro atoms. The second kappa shape index (κ2) is 5.53. The molecule has 6 heteroatoms. The van der Waals surface area contributed by atoms with Crippen molar-refractivity contribution in [3.05, 3.63) is 47.5 Å². The van der Waals surface area contributed by atoms with Crippen LogP contribution in [0.15, 0.2) is 30.9 Å². The van der Waals surface area contributed by atoms with E-state index in [2.05, 4.69) is 10.1 Å². The van der Waals surface area contributed by atoms with Crippen LogP contribution >= 0.6 is 0 Å². The van der Waals surface area contributed by atoms with E-state index >= 15 is 0 Å². The van der Waals surface area contributed by atoms with Gasteiger partial charge in [0.05, 0.1) is 19.3 Å². The normalized spacial score (nSPS) is 20.9. The molecular weight excluding hydrogens is 280 g/mol. The minimum Gasteiger partial charge on any atom is -0.372 e. The van der Waals surface area contributed by atoms with Gasteiger partial charge in [-0.15, -0.1) is 0 Å². The van der Waals surface area contributed by atoms with Gasteiger partial charge in [0, 0.05) is 18.7 Å². The highest BCUT2D eigenvalue weighted by molar-refractivity contribution is 5.94. The molecule has 0 saturated carbocycles. The molecule has 6 nitrogen and oxygen atoms in total. The van der Waals surface area contributed by atoms with Crippen LogP contribution in [-0.4, -0.2) is 38.7 Å². The topological polar surface area (TPSA) is 60.2 Å². The van der Waals surface area contributed by atoms with Crippen LogP contribution in [0, 0.1) is 0 Å². The number of ether oxygens (including phenoxy) is 1. The Morgan fingerprint density at radius 3 is 3.05 bits per heavy atom. The predicted octanol–water partition coefficient (Wildman–Crippen LogP) is 1.79. The minimum atomic E-state index is 0.0968. The van der Waals surface area contributed by atoms with E-state index in [9.17, 15) is 4.79 Å². The van der Waals surface area contributed by atoms with Crippen LogP contribution in [0.1, 0.15) is 40.4 Å². The Morgan fingerprint density at radius 2 is 2.18 bits per heavy atom. The first-order valence-electron chi connectivity index (χ1n) is 7.64.